The molecular weight excluding hydrogens is 819 g/mol. The maximum atomic E-state index is 11.7. The van der Waals surface area contributed by atoms with Crippen molar-refractivity contribution in [3.05, 3.63) is 96.1 Å². The lowest BCUT2D eigenvalue weighted by Gasteiger charge is -2.16. The van der Waals surface area contributed by atoms with Crippen LogP contribution in [0, 0.1) is 0 Å². The quantitative estimate of drug-likeness (QED) is 0.0602. The van der Waals surface area contributed by atoms with Crippen LogP contribution in [-0.2, 0) is 32.9 Å². The highest BCUT2D eigenvalue weighted by molar-refractivity contribution is 7.89. The number of amides is 1. The van der Waals surface area contributed by atoms with Crippen molar-refractivity contribution in [3.8, 4) is 34.5 Å². The number of nitrogens with two attached hydrogens (primary N) is 3. The molecule has 0 fully saturated rings. The number of primary sulfonamides is 2. The van der Waals surface area contributed by atoms with Gasteiger partial charge in [-0.3, -0.25) is 0 Å². The number of para-hydroxylation sites is 4. The van der Waals surface area contributed by atoms with Gasteiger partial charge in [0.25, 0.3) is 0 Å². The second-order valence-corrected chi connectivity index (χ2v) is 16.0. The smallest absolute Gasteiger partial charge is 0.402 e. The first-order valence-corrected chi connectivity index (χ1v) is 22.1. The van der Waals surface area contributed by atoms with Crippen molar-refractivity contribution in [2.75, 3.05) is 53.7 Å². The minimum Gasteiger partial charge on any atom is -0.495 e. The Morgan fingerprint density at radius 1 is 0.600 bits per heavy atom. The Morgan fingerprint density at radius 2 is 0.917 bits per heavy atom. The number of nitrogens with one attached hydrogen (secondary N) is 2. The van der Waals surface area contributed by atoms with Gasteiger partial charge in [-0.1, -0.05) is 36.4 Å². The summed E-state index contributed by atoms with van der Waals surface area (Å²) in [7, 11) is -4.85. The summed E-state index contributed by atoms with van der Waals surface area (Å²) in [4.78, 5) is 8.77. The number of hydrogen-bond acceptors (Lipinski definition) is 13. The van der Waals surface area contributed by atoms with Crippen LogP contribution in [0.2, 0.25) is 0 Å². The van der Waals surface area contributed by atoms with E-state index >= 15 is 0 Å². The van der Waals surface area contributed by atoms with Gasteiger partial charge in [-0.05, 0) is 100 Å². The van der Waals surface area contributed by atoms with E-state index in [2.05, 4.69) is 16.4 Å². The van der Waals surface area contributed by atoms with Crippen LogP contribution in [0.5, 0.6) is 34.5 Å². The molecule has 4 aromatic carbocycles. The number of sulfonamides is 2. The van der Waals surface area contributed by atoms with E-state index < -0.39 is 26.1 Å². The van der Waals surface area contributed by atoms with Gasteiger partial charge in [0.2, 0.25) is 20.0 Å². The highest BCUT2D eigenvalue weighted by Gasteiger charge is 2.18. The highest BCUT2D eigenvalue weighted by atomic mass is 32.2. The van der Waals surface area contributed by atoms with Crippen LogP contribution in [0.25, 0.3) is 0 Å². The Labute approximate surface area is 353 Å². The van der Waals surface area contributed by atoms with Gasteiger partial charge in [0.15, 0.2) is 23.0 Å². The first-order valence-electron chi connectivity index (χ1n) is 19.0. The van der Waals surface area contributed by atoms with Crippen molar-refractivity contribution in [2.24, 2.45) is 16.0 Å². The van der Waals surface area contributed by atoms with E-state index in [9.17, 15) is 16.8 Å². The molecule has 2 atom stereocenters. The molecule has 0 aliphatic heterocycles. The molecule has 60 heavy (non-hydrogen) atoms. The van der Waals surface area contributed by atoms with E-state index in [0.717, 1.165) is 22.6 Å². The molecular formula is C41H59N5O12S2. The van der Waals surface area contributed by atoms with Gasteiger partial charge in [0.1, 0.15) is 34.5 Å². The maximum Gasteiger partial charge on any atom is 0.402 e. The number of primary amides is 1. The normalized spacial score (nSPS) is 12.0. The summed E-state index contributed by atoms with van der Waals surface area (Å²) in [5.41, 5.74) is 5.74. The van der Waals surface area contributed by atoms with Gasteiger partial charge >= 0.3 is 6.09 Å². The molecule has 0 saturated heterocycles. The topological polar surface area (TPSA) is 263 Å². The Hall–Kier alpha value is -5.31. The van der Waals surface area contributed by atoms with Crippen LogP contribution in [0.3, 0.4) is 0 Å². The zero-order valence-corrected chi connectivity index (χ0v) is 36.5. The third-order valence-corrected chi connectivity index (χ3v) is 10.0. The van der Waals surface area contributed by atoms with Gasteiger partial charge in [0.05, 0.1) is 27.4 Å². The van der Waals surface area contributed by atoms with Crippen LogP contribution in [0.1, 0.15) is 38.8 Å². The van der Waals surface area contributed by atoms with Gasteiger partial charge in [0, 0.05) is 25.2 Å². The van der Waals surface area contributed by atoms with E-state index in [1.807, 2.05) is 88.4 Å². The molecule has 0 bridgehead atoms. The van der Waals surface area contributed by atoms with Crippen LogP contribution in [0.15, 0.2) is 94.7 Å². The van der Waals surface area contributed by atoms with Gasteiger partial charge < -0.3 is 49.9 Å². The van der Waals surface area contributed by atoms with E-state index in [0.29, 0.717) is 63.9 Å². The number of ether oxygens (including phenoxy) is 6. The number of hydrogen-bond donors (Lipinski definition) is 6. The van der Waals surface area contributed by atoms with Gasteiger partial charge in [-0.15, -0.1) is 0 Å². The molecule has 0 saturated carbocycles. The third kappa shape index (κ3) is 18.7. The van der Waals surface area contributed by atoms with E-state index in [1.165, 1.54) is 14.2 Å². The largest absolute Gasteiger partial charge is 0.495 e. The lowest BCUT2D eigenvalue weighted by molar-refractivity contribution is 0.205. The molecule has 19 heteroatoms. The summed E-state index contributed by atoms with van der Waals surface area (Å²) in [6.45, 7) is 11.3. The van der Waals surface area contributed by atoms with E-state index in [4.69, 9.17) is 48.6 Å². The van der Waals surface area contributed by atoms with Crippen molar-refractivity contribution < 1.29 is 55.2 Å². The molecule has 0 radical (unpaired) electrons. The Kier molecular flexibility index (Phi) is 22.0. The van der Waals surface area contributed by atoms with Gasteiger partial charge in [-0.2, -0.15) is 0 Å². The summed E-state index contributed by atoms with van der Waals surface area (Å²) in [5.74, 6) is 3.37. The lowest BCUT2D eigenvalue weighted by Crippen LogP contribution is -2.32. The number of carbonyl (C=O) groups is 1. The fourth-order valence-electron chi connectivity index (χ4n) is 5.61. The monoisotopic (exact) mass is 877 g/mol. The summed E-state index contributed by atoms with van der Waals surface area (Å²) in [6, 6.07) is 25.4. The maximum absolute atomic E-state index is 11.7. The van der Waals surface area contributed by atoms with Crippen molar-refractivity contribution in [2.45, 2.75) is 62.4 Å². The highest BCUT2D eigenvalue weighted by Crippen LogP contribution is 2.28. The van der Waals surface area contributed by atoms with Crippen molar-refractivity contribution in [1.29, 1.82) is 0 Å². The Morgan fingerprint density at radius 3 is 1.20 bits per heavy atom. The molecule has 9 N–H and O–H groups in total. The first kappa shape index (κ1) is 50.8. The summed E-state index contributed by atoms with van der Waals surface area (Å²) in [5, 5.41) is 24.5. The second kappa shape index (κ2) is 26.0. The SMILES string of the molecule is CCOc1ccccc1OCCN[C@H](C)Cc1ccc(OC)c(S(N)(=O)=O)c1.CCOc1ccccc1OCCN[C@H](C)Cc1ccc(OC)c(S(N)(=O)=O)c1.NC(=O)O. The summed E-state index contributed by atoms with van der Waals surface area (Å²) < 4.78 is 79.7. The summed E-state index contributed by atoms with van der Waals surface area (Å²) >= 11 is 0. The van der Waals surface area contributed by atoms with E-state index in [1.54, 1.807) is 24.3 Å². The molecule has 4 aromatic rings. The zero-order valence-electron chi connectivity index (χ0n) is 34.9. The second-order valence-electron chi connectivity index (χ2n) is 13.0. The van der Waals surface area contributed by atoms with Crippen LogP contribution in [0.4, 0.5) is 4.79 Å². The molecule has 4 rings (SSSR count). The molecule has 0 aliphatic carbocycles. The average molecular weight is 878 g/mol. The fourth-order valence-corrected chi connectivity index (χ4v) is 7.11. The molecule has 17 nitrogen and oxygen atoms in total. The number of benzene rings is 4. The zero-order chi connectivity index (χ0) is 44.7. The van der Waals surface area contributed by atoms with Crippen molar-refractivity contribution in [1.82, 2.24) is 10.6 Å². The molecule has 0 aromatic heterocycles. The molecule has 0 aliphatic rings. The predicted molar refractivity (Wildman–Crippen MR) is 229 cm³/mol. The third-order valence-electron chi connectivity index (χ3n) is 8.16. The van der Waals surface area contributed by atoms with Crippen LogP contribution in [-0.4, -0.2) is 93.9 Å². The van der Waals surface area contributed by atoms with Crippen LogP contribution < -0.4 is 55.1 Å². The number of methoxy groups -OCH3 is 2. The van der Waals surface area contributed by atoms with E-state index in [-0.39, 0.29) is 33.4 Å². The van der Waals surface area contributed by atoms with Gasteiger partial charge in [-0.25, -0.2) is 31.9 Å². The number of rotatable bonds is 22. The van der Waals surface area contributed by atoms with Crippen molar-refractivity contribution in [3.63, 3.8) is 0 Å². The molecule has 0 unspecified atom stereocenters. The standard InChI is InChI=1S/2C20H28N2O5S.CH3NO2/c2*1-4-26-17-7-5-6-8-18(17)27-12-11-22-15(2)13-16-9-10-19(25-3)20(14-16)28(21,23)24;2-1(3)4/h2*5-10,14-15,22H,4,11-13H2,1-3H3,(H2,21,23,24);2H2,(H,3,4)/t2*15-;/m11./s1. The number of carboxylic acid groups (broad SMARTS) is 1. The minimum absolute atomic E-state index is 0.00411. The molecule has 0 heterocycles. The lowest BCUT2D eigenvalue weighted by atomic mass is 10.1. The average Bonchev–Trinajstić information content (AvgIpc) is 3.19. The Bertz CT molecular complexity index is 1990. The summed E-state index contributed by atoms with van der Waals surface area (Å²) in [6.07, 6.45) is -0.0515. The molecule has 332 valence electrons. The molecule has 1 amide bonds. The fraction of sp³-hybridized carbons (Fsp3) is 0.390. The first-order chi connectivity index (χ1) is 28.4. The predicted octanol–water partition coefficient (Wildman–Crippen LogP) is 4.30. The molecule has 0 spiro atoms. The Balaban J connectivity index is 0.000000379. The minimum atomic E-state index is -3.84. The van der Waals surface area contributed by atoms with Crippen molar-refractivity contribution >= 4 is 26.1 Å². The van der Waals surface area contributed by atoms with Crippen LogP contribution >= 0.6 is 0 Å².